The van der Waals surface area contributed by atoms with Crippen LogP contribution in [0.2, 0.25) is 0 Å². The summed E-state index contributed by atoms with van der Waals surface area (Å²) in [6, 6.07) is 90.9. The van der Waals surface area contributed by atoms with Gasteiger partial charge in [0.05, 0.1) is 0 Å². The first-order valence-electron chi connectivity index (χ1n) is 35.6. The highest BCUT2D eigenvalue weighted by molar-refractivity contribution is 5.88. The third-order valence-electron chi connectivity index (χ3n) is 21.9. The molecular formula is C90H100N2. The van der Waals surface area contributed by atoms with Crippen molar-refractivity contribution in [3.05, 3.63) is 281 Å². The third-order valence-corrected chi connectivity index (χ3v) is 21.9. The number of rotatable bonds is 29. The van der Waals surface area contributed by atoms with Crippen LogP contribution in [0.4, 0.5) is 28.4 Å². The molecule has 0 aliphatic heterocycles. The molecule has 2 atom stereocenters. The van der Waals surface area contributed by atoms with E-state index in [1.54, 1.807) is 5.56 Å². The van der Waals surface area contributed by atoms with Gasteiger partial charge in [0.2, 0.25) is 0 Å². The number of benzene rings is 10. The molecule has 92 heavy (non-hydrogen) atoms. The molecule has 2 nitrogen and oxygen atoms in total. The summed E-state index contributed by atoms with van der Waals surface area (Å²) in [5.41, 5.74) is 27.3. The molecule has 0 amide bonds. The molecule has 2 aliphatic carbocycles. The van der Waals surface area contributed by atoms with Crippen LogP contribution in [0.15, 0.2) is 237 Å². The van der Waals surface area contributed by atoms with Crippen molar-refractivity contribution < 1.29 is 0 Å². The Morgan fingerprint density at radius 3 is 1.33 bits per heavy atom. The second-order valence-corrected chi connectivity index (χ2v) is 27.9. The van der Waals surface area contributed by atoms with Gasteiger partial charge in [-0.25, -0.2) is 0 Å². The zero-order chi connectivity index (χ0) is 63.7. The topological polar surface area (TPSA) is 15.3 Å². The summed E-state index contributed by atoms with van der Waals surface area (Å²) in [5.74, 6) is 0. The van der Waals surface area contributed by atoms with Gasteiger partial charge in [-0.2, -0.15) is 0 Å². The molecule has 12 rings (SSSR count). The lowest BCUT2D eigenvalue weighted by Crippen LogP contribution is -2.26. The number of anilines is 5. The monoisotopic (exact) mass is 1210 g/mol. The summed E-state index contributed by atoms with van der Waals surface area (Å²) in [4.78, 5) is 2.54. The van der Waals surface area contributed by atoms with Gasteiger partial charge in [-0.3, -0.25) is 0 Å². The maximum atomic E-state index is 3.90. The number of nitrogens with one attached hydrogen (secondary N) is 1. The number of unbranched alkanes of at least 4 members (excludes halogenated alkanes) is 9. The van der Waals surface area contributed by atoms with Crippen molar-refractivity contribution in [1.82, 2.24) is 0 Å². The van der Waals surface area contributed by atoms with Crippen LogP contribution in [0.5, 0.6) is 0 Å². The van der Waals surface area contributed by atoms with Crippen molar-refractivity contribution in [3.8, 4) is 44.5 Å². The van der Waals surface area contributed by atoms with E-state index in [1.165, 1.54) is 204 Å². The minimum atomic E-state index is -0.255. The summed E-state index contributed by atoms with van der Waals surface area (Å²) in [5, 5.41) is 3.90. The molecule has 2 aliphatic rings. The van der Waals surface area contributed by atoms with E-state index in [0.29, 0.717) is 0 Å². The van der Waals surface area contributed by atoms with E-state index in [9.17, 15) is 0 Å². The SMILES string of the molecule is CCCCCCC1(CCCCC)c2ccccc2-c2ccc(Nc3ccc(C(C)(C)c4ccc(N(c5cccc(-c6cccc(C(C)(CC)c7ccc(-c8ccccc8)cc7)c6)c5)c5ccc6c(c5)C(CCCCC)(CCCCC)c5ccccc5-6)cc4)cc3)cc21. The first-order chi connectivity index (χ1) is 45.0. The molecule has 10 aromatic carbocycles. The fraction of sp³-hybridized carbons (Fsp3) is 0.333. The van der Waals surface area contributed by atoms with Crippen molar-refractivity contribution in [2.75, 3.05) is 10.2 Å². The van der Waals surface area contributed by atoms with Gasteiger partial charge in [0.25, 0.3) is 0 Å². The highest BCUT2D eigenvalue weighted by atomic mass is 15.1. The lowest BCUT2D eigenvalue weighted by atomic mass is 9.70. The predicted octanol–water partition coefficient (Wildman–Crippen LogP) is 26.5. The van der Waals surface area contributed by atoms with Crippen LogP contribution in [0, 0.1) is 0 Å². The Kier molecular flexibility index (Phi) is 19.7. The molecule has 0 bridgehead atoms. The van der Waals surface area contributed by atoms with E-state index < -0.39 is 0 Å². The van der Waals surface area contributed by atoms with Gasteiger partial charge < -0.3 is 10.2 Å². The predicted molar refractivity (Wildman–Crippen MR) is 397 cm³/mol. The van der Waals surface area contributed by atoms with Crippen molar-refractivity contribution in [1.29, 1.82) is 0 Å². The zero-order valence-electron chi connectivity index (χ0n) is 56.7. The maximum Gasteiger partial charge on any atom is 0.0467 e. The maximum absolute atomic E-state index is 3.90. The fourth-order valence-electron chi connectivity index (χ4n) is 16.2. The highest BCUT2D eigenvalue weighted by Gasteiger charge is 2.44. The van der Waals surface area contributed by atoms with Gasteiger partial charge >= 0.3 is 0 Å². The van der Waals surface area contributed by atoms with Crippen LogP contribution in [-0.2, 0) is 21.7 Å². The molecule has 470 valence electrons. The van der Waals surface area contributed by atoms with Crippen LogP contribution >= 0.6 is 0 Å². The Hall–Kier alpha value is -8.20. The van der Waals surface area contributed by atoms with Crippen molar-refractivity contribution in [2.24, 2.45) is 0 Å². The van der Waals surface area contributed by atoms with Crippen molar-refractivity contribution in [3.63, 3.8) is 0 Å². The minimum Gasteiger partial charge on any atom is -0.356 e. The van der Waals surface area contributed by atoms with E-state index in [2.05, 4.69) is 302 Å². The first kappa shape index (κ1) is 63.9. The smallest absolute Gasteiger partial charge is 0.0467 e. The number of hydrogen-bond acceptors (Lipinski definition) is 2. The average molecular weight is 1210 g/mol. The standard InChI is InChI=1S/C90H100N2/c1-9-14-18-29-61-89(58-26-15-10-2)83-40-24-22-38-79(83)81-56-52-75(64-85(81)89)91-74-50-46-70(47-51-74)87(6,7)71-48-53-76(54-49-71)92(78-55-57-82-80-39-23-25-41-84(80)90(86(82)65-78,59-27-16-11-3)60-28-17-12-4)77-37-31-35-69(63-77)68-34-30-36-73(62-68)88(8,13-5)72-44-42-67(43-45-72)66-32-20-19-21-33-66/h19-25,30-57,62-65,91H,9-18,26-29,58-61H2,1-8H3. The van der Waals surface area contributed by atoms with Gasteiger partial charge in [-0.15, -0.1) is 0 Å². The molecule has 0 aromatic heterocycles. The summed E-state index contributed by atoms with van der Waals surface area (Å²) < 4.78 is 0. The second-order valence-electron chi connectivity index (χ2n) is 27.9. The largest absolute Gasteiger partial charge is 0.356 e. The van der Waals surface area contributed by atoms with Gasteiger partial charge in [0.1, 0.15) is 0 Å². The average Bonchev–Trinajstić information content (AvgIpc) is 1.57. The van der Waals surface area contributed by atoms with Crippen LogP contribution in [0.3, 0.4) is 0 Å². The molecule has 0 fully saturated rings. The Balaban J connectivity index is 0.877. The molecule has 10 aromatic rings. The van der Waals surface area contributed by atoms with E-state index in [-0.39, 0.29) is 21.7 Å². The van der Waals surface area contributed by atoms with Gasteiger partial charge in [-0.05, 0) is 182 Å². The minimum absolute atomic E-state index is 0.0337. The van der Waals surface area contributed by atoms with Crippen LogP contribution in [-0.4, -0.2) is 0 Å². The Bertz CT molecular complexity index is 4060. The van der Waals surface area contributed by atoms with E-state index >= 15 is 0 Å². The summed E-state index contributed by atoms with van der Waals surface area (Å²) in [6.07, 6.45) is 22.0. The second kappa shape index (κ2) is 28.3. The molecule has 0 heterocycles. The van der Waals surface area contributed by atoms with Crippen molar-refractivity contribution in [2.45, 2.75) is 193 Å². The van der Waals surface area contributed by atoms with E-state index in [4.69, 9.17) is 0 Å². The zero-order valence-corrected chi connectivity index (χ0v) is 56.7. The Labute approximate surface area is 553 Å². The highest BCUT2D eigenvalue weighted by Crippen LogP contribution is 2.57. The molecule has 0 spiro atoms. The van der Waals surface area contributed by atoms with Gasteiger partial charge in [0.15, 0.2) is 0 Å². The number of hydrogen-bond donors (Lipinski definition) is 1. The van der Waals surface area contributed by atoms with E-state index in [1.807, 2.05) is 0 Å². The lowest BCUT2D eigenvalue weighted by Gasteiger charge is -2.34. The van der Waals surface area contributed by atoms with Crippen LogP contribution in [0.1, 0.15) is 215 Å². The quantitative estimate of drug-likeness (QED) is 0.0470. The summed E-state index contributed by atoms with van der Waals surface area (Å²) >= 11 is 0. The van der Waals surface area contributed by atoms with Gasteiger partial charge in [-0.1, -0.05) is 315 Å². The third kappa shape index (κ3) is 12.6. The summed E-state index contributed by atoms with van der Waals surface area (Å²) in [7, 11) is 0. The Morgan fingerprint density at radius 2 is 0.739 bits per heavy atom. The van der Waals surface area contributed by atoms with Crippen LogP contribution < -0.4 is 10.2 Å². The summed E-state index contributed by atoms with van der Waals surface area (Å²) in [6.45, 7) is 18.9. The molecule has 0 saturated carbocycles. The first-order valence-corrected chi connectivity index (χ1v) is 35.6. The molecule has 0 radical (unpaired) electrons. The number of nitrogens with zero attached hydrogens (tertiary/aromatic N) is 1. The van der Waals surface area contributed by atoms with E-state index in [0.717, 1.165) is 23.5 Å². The number of fused-ring (bicyclic) bond motifs is 6. The molecular weight excluding hydrogens is 1110 g/mol. The molecule has 0 saturated heterocycles. The fourth-order valence-corrected chi connectivity index (χ4v) is 16.2. The van der Waals surface area contributed by atoms with Gasteiger partial charge in [0, 0.05) is 50.1 Å². The lowest BCUT2D eigenvalue weighted by molar-refractivity contribution is 0.403. The molecule has 2 heteroatoms. The normalized spacial score (nSPS) is 15.1. The van der Waals surface area contributed by atoms with Crippen LogP contribution in [0.25, 0.3) is 44.5 Å². The van der Waals surface area contributed by atoms with Crippen molar-refractivity contribution >= 4 is 28.4 Å². The molecule has 2 unspecified atom stereocenters. The Morgan fingerprint density at radius 1 is 0.304 bits per heavy atom. The molecule has 1 N–H and O–H groups in total.